The van der Waals surface area contributed by atoms with Gasteiger partial charge in [0.1, 0.15) is 11.4 Å². The van der Waals surface area contributed by atoms with E-state index in [2.05, 4.69) is 15.3 Å². The van der Waals surface area contributed by atoms with Crippen LogP contribution in [0, 0.1) is 0 Å². The Morgan fingerprint density at radius 1 is 1.27 bits per heavy atom. The van der Waals surface area contributed by atoms with Gasteiger partial charge >= 0.3 is 0 Å². The Hall–Kier alpha value is -3.08. The fourth-order valence-corrected chi connectivity index (χ4v) is 2.69. The molecule has 0 bridgehead atoms. The third kappa shape index (κ3) is 1.87. The molecule has 3 heterocycles. The van der Waals surface area contributed by atoms with Crippen molar-refractivity contribution in [2.24, 2.45) is 0 Å². The number of pyridine rings is 1. The number of hydrogen-bond acceptors (Lipinski definition) is 3. The van der Waals surface area contributed by atoms with Gasteiger partial charge in [0, 0.05) is 40.2 Å². The predicted octanol–water partition coefficient (Wildman–Crippen LogP) is 3.06. The largest absolute Gasteiger partial charge is 0.497 e. The van der Waals surface area contributed by atoms with Crippen molar-refractivity contribution in [3.05, 3.63) is 53.9 Å². The molecule has 0 radical (unpaired) electrons. The summed E-state index contributed by atoms with van der Waals surface area (Å²) in [5, 5.41) is 3.86. The SMILES string of the molecule is COc1ccc2c(c1)C(=Cc1c[nH]c3ncccc13)C(=O)N2. The summed E-state index contributed by atoms with van der Waals surface area (Å²) in [5.74, 6) is 0.614. The van der Waals surface area contributed by atoms with Gasteiger partial charge in [-0.25, -0.2) is 4.98 Å². The molecule has 5 nitrogen and oxygen atoms in total. The van der Waals surface area contributed by atoms with Crippen molar-refractivity contribution in [1.29, 1.82) is 0 Å². The van der Waals surface area contributed by atoms with Crippen LogP contribution in [0.15, 0.2) is 42.7 Å². The molecule has 4 rings (SSSR count). The Labute approximate surface area is 126 Å². The van der Waals surface area contributed by atoms with Crippen molar-refractivity contribution in [2.45, 2.75) is 0 Å². The van der Waals surface area contributed by atoms with Crippen LogP contribution in [0.4, 0.5) is 5.69 Å². The molecule has 1 aromatic carbocycles. The minimum Gasteiger partial charge on any atom is -0.497 e. The molecule has 0 spiro atoms. The molecule has 3 aromatic rings. The van der Waals surface area contributed by atoms with Crippen LogP contribution >= 0.6 is 0 Å². The number of nitrogens with one attached hydrogen (secondary N) is 2. The average molecular weight is 291 g/mol. The average Bonchev–Trinajstić information content (AvgIpc) is 3.09. The lowest BCUT2D eigenvalue weighted by Crippen LogP contribution is -2.03. The maximum absolute atomic E-state index is 12.2. The molecule has 0 unspecified atom stereocenters. The first-order valence-electron chi connectivity index (χ1n) is 6.90. The molecule has 2 aromatic heterocycles. The molecule has 0 saturated heterocycles. The van der Waals surface area contributed by atoms with Crippen molar-refractivity contribution in [3.63, 3.8) is 0 Å². The Morgan fingerprint density at radius 3 is 3.05 bits per heavy atom. The number of amides is 1. The third-order valence-electron chi connectivity index (χ3n) is 3.79. The molecule has 1 amide bonds. The van der Waals surface area contributed by atoms with E-state index in [-0.39, 0.29) is 5.91 Å². The highest BCUT2D eigenvalue weighted by Crippen LogP contribution is 2.36. The van der Waals surface area contributed by atoms with Gasteiger partial charge in [-0.1, -0.05) is 0 Å². The van der Waals surface area contributed by atoms with Crippen LogP contribution in [-0.4, -0.2) is 23.0 Å². The van der Waals surface area contributed by atoms with Gasteiger partial charge < -0.3 is 15.0 Å². The van der Waals surface area contributed by atoms with Crippen molar-refractivity contribution in [1.82, 2.24) is 9.97 Å². The highest BCUT2D eigenvalue weighted by Gasteiger charge is 2.24. The topological polar surface area (TPSA) is 67.0 Å². The lowest BCUT2D eigenvalue weighted by molar-refractivity contribution is -0.110. The standard InChI is InChI=1S/C17H13N3O2/c1-22-11-4-5-15-13(8-11)14(17(21)20-15)7-10-9-19-16-12(10)3-2-6-18-16/h2-9H,1H3,(H,18,19)(H,20,21). The van der Waals surface area contributed by atoms with Crippen molar-refractivity contribution in [3.8, 4) is 5.75 Å². The fraction of sp³-hybridized carbons (Fsp3) is 0.0588. The maximum atomic E-state index is 12.2. The van der Waals surface area contributed by atoms with Crippen molar-refractivity contribution >= 4 is 34.3 Å². The highest BCUT2D eigenvalue weighted by atomic mass is 16.5. The van der Waals surface area contributed by atoms with Crippen LogP contribution < -0.4 is 10.1 Å². The number of fused-ring (bicyclic) bond motifs is 2. The van der Waals surface area contributed by atoms with Crippen molar-refractivity contribution < 1.29 is 9.53 Å². The number of aromatic nitrogens is 2. The molecule has 0 fully saturated rings. The Kier molecular flexibility index (Phi) is 2.72. The zero-order chi connectivity index (χ0) is 15.1. The van der Waals surface area contributed by atoms with Gasteiger partial charge in [-0.15, -0.1) is 0 Å². The molecule has 5 heteroatoms. The van der Waals surface area contributed by atoms with Crippen LogP contribution in [0.1, 0.15) is 11.1 Å². The number of nitrogens with zero attached hydrogens (tertiary/aromatic N) is 1. The molecular formula is C17H13N3O2. The number of carbonyl (C=O) groups is 1. The molecule has 0 atom stereocenters. The molecule has 22 heavy (non-hydrogen) atoms. The molecular weight excluding hydrogens is 278 g/mol. The lowest BCUT2D eigenvalue weighted by Gasteiger charge is -2.02. The Bertz CT molecular complexity index is 925. The number of benzene rings is 1. The summed E-state index contributed by atoms with van der Waals surface area (Å²) in [6.45, 7) is 0. The normalized spacial score (nSPS) is 15.1. The van der Waals surface area contributed by atoms with Gasteiger partial charge in [0.25, 0.3) is 5.91 Å². The Balaban J connectivity index is 1.88. The second-order valence-electron chi connectivity index (χ2n) is 5.07. The maximum Gasteiger partial charge on any atom is 0.256 e. The first-order chi connectivity index (χ1) is 10.8. The van der Waals surface area contributed by atoms with Gasteiger partial charge in [-0.05, 0) is 36.4 Å². The van der Waals surface area contributed by atoms with Gasteiger partial charge in [0.05, 0.1) is 7.11 Å². The summed E-state index contributed by atoms with van der Waals surface area (Å²) in [4.78, 5) is 19.6. The van der Waals surface area contributed by atoms with E-state index in [4.69, 9.17) is 4.74 Å². The Morgan fingerprint density at radius 2 is 2.18 bits per heavy atom. The summed E-state index contributed by atoms with van der Waals surface area (Å²) in [6.07, 6.45) is 5.47. The fourth-order valence-electron chi connectivity index (χ4n) is 2.69. The first-order valence-corrected chi connectivity index (χ1v) is 6.90. The third-order valence-corrected chi connectivity index (χ3v) is 3.79. The predicted molar refractivity (Wildman–Crippen MR) is 85.6 cm³/mol. The summed E-state index contributed by atoms with van der Waals surface area (Å²) in [5.41, 5.74) is 4.01. The monoisotopic (exact) mass is 291 g/mol. The van der Waals surface area contributed by atoms with E-state index < -0.39 is 0 Å². The van der Waals surface area contributed by atoms with Gasteiger partial charge in [0.15, 0.2) is 0 Å². The van der Waals surface area contributed by atoms with Crippen LogP contribution in [-0.2, 0) is 4.79 Å². The van der Waals surface area contributed by atoms with Gasteiger partial charge in [-0.2, -0.15) is 0 Å². The van der Waals surface area contributed by atoms with E-state index >= 15 is 0 Å². The molecule has 1 aliphatic rings. The minimum absolute atomic E-state index is 0.110. The number of hydrogen-bond donors (Lipinski definition) is 2. The zero-order valence-electron chi connectivity index (χ0n) is 11.9. The van der Waals surface area contributed by atoms with Crippen LogP contribution in [0.3, 0.4) is 0 Å². The number of H-pyrrole nitrogens is 1. The lowest BCUT2D eigenvalue weighted by atomic mass is 10.0. The van der Waals surface area contributed by atoms with Crippen LogP contribution in [0.25, 0.3) is 22.7 Å². The summed E-state index contributed by atoms with van der Waals surface area (Å²) in [6, 6.07) is 9.40. The van der Waals surface area contributed by atoms with Crippen LogP contribution in [0.5, 0.6) is 5.75 Å². The number of rotatable bonds is 2. The van der Waals surface area contributed by atoms with E-state index in [0.717, 1.165) is 33.6 Å². The number of methoxy groups -OCH3 is 1. The number of anilines is 1. The summed E-state index contributed by atoms with van der Waals surface area (Å²) >= 11 is 0. The van der Waals surface area contributed by atoms with Crippen LogP contribution in [0.2, 0.25) is 0 Å². The molecule has 108 valence electrons. The zero-order valence-corrected chi connectivity index (χ0v) is 11.9. The minimum atomic E-state index is -0.110. The van der Waals surface area contributed by atoms with E-state index in [1.165, 1.54) is 0 Å². The van der Waals surface area contributed by atoms with E-state index in [0.29, 0.717) is 5.57 Å². The molecule has 0 saturated carbocycles. The number of carbonyl (C=O) groups excluding carboxylic acids is 1. The van der Waals surface area contributed by atoms with Gasteiger partial charge in [0.2, 0.25) is 0 Å². The van der Waals surface area contributed by atoms with Gasteiger partial charge in [-0.3, -0.25) is 4.79 Å². The second-order valence-corrected chi connectivity index (χ2v) is 5.07. The highest BCUT2D eigenvalue weighted by molar-refractivity contribution is 6.35. The molecule has 1 aliphatic heterocycles. The summed E-state index contributed by atoms with van der Waals surface area (Å²) < 4.78 is 5.25. The van der Waals surface area contributed by atoms with E-state index in [9.17, 15) is 4.79 Å². The van der Waals surface area contributed by atoms with Crippen molar-refractivity contribution in [2.75, 3.05) is 12.4 Å². The number of aromatic amines is 1. The quantitative estimate of drug-likeness (QED) is 0.713. The smallest absolute Gasteiger partial charge is 0.256 e. The first kappa shape index (κ1) is 12.6. The van der Waals surface area contributed by atoms with E-state index in [1.54, 1.807) is 13.3 Å². The number of ether oxygens (including phenoxy) is 1. The second kappa shape index (κ2) is 4.73. The summed E-state index contributed by atoms with van der Waals surface area (Å²) in [7, 11) is 1.61. The molecule has 0 aliphatic carbocycles. The molecule has 2 N–H and O–H groups in total. The van der Waals surface area contributed by atoms with E-state index in [1.807, 2.05) is 42.6 Å².